The Labute approximate surface area is 125 Å². The summed E-state index contributed by atoms with van der Waals surface area (Å²) >= 11 is 0. The Morgan fingerprint density at radius 3 is 2.73 bits per heavy atom. The molecule has 0 aromatic heterocycles. The lowest BCUT2D eigenvalue weighted by molar-refractivity contribution is -0.323. The van der Waals surface area contributed by atoms with Gasteiger partial charge in [-0.3, -0.25) is 9.73 Å². The predicted molar refractivity (Wildman–Crippen MR) is 74.2 cm³/mol. The molecular formula is C13H16F3N3O3. The van der Waals surface area contributed by atoms with E-state index in [2.05, 4.69) is 15.0 Å². The second kappa shape index (κ2) is 7.21. The molecule has 0 fully saturated rings. The second-order valence-corrected chi connectivity index (χ2v) is 4.40. The monoisotopic (exact) mass is 319 g/mol. The van der Waals surface area contributed by atoms with Gasteiger partial charge in [-0.1, -0.05) is 0 Å². The first-order valence-electron chi connectivity index (χ1n) is 6.61. The lowest BCUT2D eigenvalue weighted by Gasteiger charge is -2.11. The van der Waals surface area contributed by atoms with Gasteiger partial charge in [-0.25, -0.2) is 0 Å². The highest BCUT2D eigenvalue weighted by Gasteiger charge is 2.28. The number of aliphatic imine (C=N–C) groups is 1. The molecule has 0 atom stereocenters. The average Bonchev–Trinajstić information content (AvgIpc) is 2.67. The number of halogens is 3. The number of hydrogen-bond donors (Lipinski definition) is 2. The summed E-state index contributed by atoms with van der Waals surface area (Å²) in [5, 5.41) is 2.77. The summed E-state index contributed by atoms with van der Waals surface area (Å²) in [5.74, 6) is 1.20. The lowest BCUT2D eigenvalue weighted by atomic mass is 10.3. The Bertz CT molecular complexity index is 535. The molecule has 1 aromatic rings. The minimum absolute atomic E-state index is 0.0136. The molecule has 0 bridgehead atoms. The zero-order chi connectivity index (χ0) is 16.0. The van der Waals surface area contributed by atoms with Crippen LogP contribution in [0.25, 0.3) is 0 Å². The zero-order valence-electron chi connectivity index (χ0n) is 11.7. The van der Waals surface area contributed by atoms with Gasteiger partial charge in [-0.05, 0) is 12.1 Å². The summed E-state index contributed by atoms with van der Waals surface area (Å²) in [6.45, 7) is 0.341. The molecule has 1 heterocycles. The quantitative estimate of drug-likeness (QED) is 0.505. The number of anilines is 1. The van der Waals surface area contributed by atoms with E-state index >= 15 is 0 Å². The molecule has 2 rings (SSSR count). The Hall–Kier alpha value is -2.16. The zero-order valence-corrected chi connectivity index (χ0v) is 11.7. The molecule has 1 aromatic carbocycles. The molecule has 3 N–H and O–H groups in total. The largest absolute Gasteiger partial charge is 0.522 e. The van der Waals surface area contributed by atoms with Crippen molar-refractivity contribution >= 4 is 11.6 Å². The predicted octanol–water partition coefficient (Wildman–Crippen LogP) is 2.11. The van der Waals surface area contributed by atoms with Gasteiger partial charge in [-0.15, -0.1) is 13.2 Å². The molecule has 0 amide bonds. The first-order valence-corrected chi connectivity index (χ1v) is 6.61. The fourth-order valence-electron chi connectivity index (χ4n) is 1.76. The first kappa shape index (κ1) is 16.2. The molecule has 0 unspecified atom stereocenters. The van der Waals surface area contributed by atoms with Crippen LogP contribution in [0.3, 0.4) is 0 Å². The van der Waals surface area contributed by atoms with Crippen LogP contribution in [0, 0.1) is 0 Å². The van der Waals surface area contributed by atoms with Crippen molar-refractivity contribution < 1.29 is 27.4 Å². The van der Waals surface area contributed by atoms with Crippen LogP contribution >= 0.6 is 0 Å². The Kier molecular flexibility index (Phi) is 5.31. The number of benzene rings is 1. The molecule has 9 heteroatoms. The summed E-state index contributed by atoms with van der Waals surface area (Å²) in [4.78, 5) is 3.74. The fraction of sp³-hybridized carbons (Fsp3) is 0.462. The standard InChI is InChI=1S/C13H16F3N3O3/c14-13(15,16)22-7-4-18-12(17)19-9-2-3-10-11(8-9)21-6-1-5-20-10/h2-3,8H,1,4-7H2,(H3,17,18,19). The maximum absolute atomic E-state index is 11.8. The van der Waals surface area contributed by atoms with Crippen molar-refractivity contribution in [3.63, 3.8) is 0 Å². The molecule has 22 heavy (non-hydrogen) atoms. The normalized spacial score (nSPS) is 15.3. The Morgan fingerprint density at radius 2 is 2.00 bits per heavy atom. The highest BCUT2D eigenvalue weighted by molar-refractivity contribution is 5.92. The van der Waals surface area contributed by atoms with Gasteiger partial charge >= 0.3 is 6.36 Å². The van der Waals surface area contributed by atoms with Crippen molar-refractivity contribution in [3.8, 4) is 11.5 Å². The summed E-state index contributed by atoms with van der Waals surface area (Å²) in [7, 11) is 0. The second-order valence-electron chi connectivity index (χ2n) is 4.40. The van der Waals surface area contributed by atoms with Crippen molar-refractivity contribution in [2.45, 2.75) is 12.8 Å². The third-order valence-electron chi connectivity index (χ3n) is 2.66. The van der Waals surface area contributed by atoms with E-state index in [1.54, 1.807) is 18.2 Å². The molecule has 1 aliphatic rings. The third kappa shape index (κ3) is 5.32. The van der Waals surface area contributed by atoms with Crippen molar-refractivity contribution in [2.24, 2.45) is 10.7 Å². The van der Waals surface area contributed by atoms with Gasteiger partial charge in [0, 0.05) is 18.2 Å². The van der Waals surface area contributed by atoms with Gasteiger partial charge < -0.3 is 20.5 Å². The van der Waals surface area contributed by atoms with E-state index in [0.29, 0.717) is 30.4 Å². The Balaban J connectivity index is 1.88. The van der Waals surface area contributed by atoms with Crippen LogP contribution in [0.1, 0.15) is 6.42 Å². The fourth-order valence-corrected chi connectivity index (χ4v) is 1.76. The van der Waals surface area contributed by atoms with Gasteiger partial charge in [-0.2, -0.15) is 0 Å². The first-order chi connectivity index (χ1) is 10.4. The summed E-state index contributed by atoms with van der Waals surface area (Å²) in [5.41, 5.74) is 6.19. The number of rotatable bonds is 4. The summed E-state index contributed by atoms with van der Waals surface area (Å²) < 4.78 is 49.9. The van der Waals surface area contributed by atoms with E-state index in [9.17, 15) is 13.2 Å². The van der Waals surface area contributed by atoms with Gasteiger partial charge in [0.25, 0.3) is 0 Å². The van der Waals surface area contributed by atoms with Crippen molar-refractivity contribution in [1.82, 2.24) is 0 Å². The minimum atomic E-state index is -4.66. The van der Waals surface area contributed by atoms with Crippen molar-refractivity contribution in [2.75, 3.05) is 31.7 Å². The number of nitrogens with one attached hydrogen (secondary N) is 1. The van der Waals surface area contributed by atoms with Crippen LogP contribution < -0.4 is 20.5 Å². The molecule has 0 radical (unpaired) electrons. The number of hydrogen-bond acceptors (Lipinski definition) is 4. The Morgan fingerprint density at radius 1 is 1.27 bits per heavy atom. The number of guanidine groups is 1. The van der Waals surface area contributed by atoms with E-state index in [0.717, 1.165) is 6.42 Å². The smallest absolute Gasteiger partial charge is 0.490 e. The lowest BCUT2D eigenvalue weighted by Crippen LogP contribution is -2.24. The van der Waals surface area contributed by atoms with Crippen molar-refractivity contribution in [1.29, 1.82) is 0 Å². The number of nitrogens with two attached hydrogens (primary N) is 1. The van der Waals surface area contributed by atoms with E-state index in [-0.39, 0.29) is 12.5 Å². The van der Waals surface area contributed by atoms with E-state index in [1.165, 1.54) is 0 Å². The van der Waals surface area contributed by atoms with Crippen LogP contribution in [0.2, 0.25) is 0 Å². The SMILES string of the molecule is NC(=NCCOC(F)(F)F)Nc1ccc2c(c1)OCCCO2. The van der Waals surface area contributed by atoms with Gasteiger partial charge in [0.1, 0.15) is 0 Å². The minimum Gasteiger partial charge on any atom is -0.490 e. The average molecular weight is 319 g/mol. The molecule has 0 aliphatic carbocycles. The number of alkyl halides is 3. The molecule has 0 saturated heterocycles. The van der Waals surface area contributed by atoms with E-state index in [4.69, 9.17) is 15.2 Å². The van der Waals surface area contributed by atoms with Crippen LogP contribution in [0.15, 0.2) is 23.2 Å². The highest BCUT2D eigenvalue weighted by Crippen LogP contribution is 2.32. The van der Waals surface area contributed by atoms with Crippen LogP contribution in [0.5, 0.6) is 11.5 Å². The summed E-state index contributed by atoms with van der Waals surface area (Å²) in [6.07, 6.45) is -3.87. The van der Waals surface area contributed by atoms with E-state index < -0.39 is 13.0 Å². The molecule has 6 nitrogen and oxygen atoms in total. The van der Waals surface area contributed by atoms with E-state index in [1.807, 2.05) is 0 Å². The van der Waals surface area contributed by atoms with Gasteiger partial charge in [0.05, 0.1) is 26.4 Å². The maximum atomic E-state index is 11.8. The number of nitrogens with zero attached hydrogens (tertiary/aromatic N) is 1. The molecule has 122 valence electrons. The van der Waals surface area contributed by atoms with Crippen LogP contribution in [-0.4, -0.2) is 38.7 Å². The van der Waals surface area contributed by atoms with Crippen molar-refractivity contribution in [3.05, 3.63) is 18.2 Å². The maximum Gasteiger partial charge on any atom is 0.522 e. The third-order valence-corrected chi connectivity index (χ3v) is 2.66. The van der Waals surface area contributed by atoms with Gasteiger partial charge in [0.2, 0.25) is 0 Å². The molecule has 0 saturated carbocycles. The summed E-state index contributed by atoms with van der Waals surface area (Å²) in [6, 6.07) is 5.13. The number of fused-ring (bicyclic) bond motifs is 1. The van der Waals surface area contributed by atoms with Gasteiger partial charge in [0.15, 0.2) is 17.5 Å². The van der Waals surface area contributed by atoms with Crippen LogP contribution in [0.4, 0.5) is 18.9 Å². The molecule has 1 aliphatic heterocycles. The van der Waals surface area contributed by atoms with Crippen LogP contribution in [-0.2, 0) is 4.74 Å². The topological polar surface area (TPSA) is 78.1 Å². The molecular weight excluding hydrogens is 303 g/mol. The number of ether oxygens (including phenoxy) is 3. The highest BCUT2D eigenvalue weighted by atomic mass is 19.4. The molecule has 0 spiro atoms.